The maximum atomic E-state index is 11.3. The van der Waals surface area contributed by atoms with E-state index in [-0.39, 0.29) is 0 Å². The Morgan fingerprint density at radius 1 is 1.14 bits per heavy atom. The minimum absolute atomic E-state index is 0.425. The van der Waals surface area contributed by atoms with Gasteiger partial charge in [0.15, 0.2) is 0 Å². The van der Waals surface area contributed by atoms with Crippen molar-refractivity contribution in [2.75, 3.05) is 0 Å². The summed E-state index contributed by atoms with van der Waals surface area (Å²) < 4.78 is 1.82. The number of aromatic nitrogens is 2. The van der Waals surface area contributed by atoms with E-state index in [1.165, 1.54) is 0 Å². The molecule has 1 aromatic heterocycles. The Morgan fingerprint density at radius 2 is 1.95 bits per heavy atom. The number of primary amides is 1. The summed E-state index contributed by atoms with van der Waals surface area (Å²) >= 11 is 12.3. The van der Waals surface area contributed by atoms with Crippen LogP contribution in [-0.4, -0.2) is 15.5 Å². The molecule has 0 bridgehead atoms. The van der Waals surface area contributed by atoms with Gasteiger partial charge in [-0.15, -0.1) is 0 Å². The van der Waals surface area contributed by atoms with Crippen LogP contribution in [0.15, 0.2) is 54.9 Å². The van der Waals surface area contributed by atoms with Gasteiger partial charge in [0, 0.05) is 34.2 Å². The molecule has 110 valence electrons. The number of hydrogen-bond acceptors (Lipinski definition) is 2. The lowest BCUT2D eigenvalue weighted by atomic mass is 10.1. The van der Waals surface area contributed by atoms with E-state index in [0.717, 1.165) is 5.69 Å². The molecule has 0 unspecified atom stereocenters. The number of imidazole rings is 1. The molecule has 0 fully saturated rings. The highest BCUT2D eigenvalue weighted by atomic mass is 35.5. The van der Waals surface area contributed by atoms with Gasteiger partial charge in [-0.3, -0.25) is 9.36 Å². The summed E-state index contributed by atoms with van der Waals surface area (Å²) in [6.45, 7) is 0. The molecule has 0 spiro atoms. The predicted octanol–water partition coefficient (Wildman–Crippen LogP) is 3.95. The van der Waals surface area contributed by atoms with E-state index in [0.29, 0.717) is 27.0 Å². The fourth-order valence-electron chi connectivity index (χ4n) is 2.19. The molecule has 0 saturated heterocycles. The second-order valence-electron chi connectivity index (χ2n) is 4.66. The average molecular weight is 332 g/mol. The van der Waals surface area contributed by atoms with Crippen LogP contribution in [0.5, 0.6) is 0 Å². The molecule has 22 heavy (non-hydrogen) atoms. The molecule has 1 heterocycles. The van der Waals surface area contributed by atoms with Gasteiger partial charge >= 0.3 is 0 Å². The molecule has 3 aromatic rings. The number of hydrogen-bond donors (Lipinski definition) is 1. The zero-order valence-electron chi connectivity index (χ0n) is 11.3. The van der Waals surface area contributed by atoms with Gasteiger partial charge in [-0.25, -0.2) is 4.98 Å². The number of nitrogens with two attached hydrogens (primary N) is 1. The third kappa shape index (κ3) is 2.71. The molecular weight excluding hydrogens is 321 g/mol. The first-order valence-corrected chi connectivity index (χ1v) is 7.21. The van der Waals surface area contributed by atoms with Crippen LogP contribution < -0.4 is 5.73 Å². The van der Waals surface area contributed by atoms with E-state index in [4.69, 9.17) is 28.9 Å². The summed E-state index contributed by atoms with van der Waals surface area (Å²) in [4.78, 5) is 15.7. The number of benzene rings is 2. The van der Waals surface area contributed by atoms with Gasteiger partial charge in [0.25, 0.3) is 0 Å². The molecule has 4 nitrogen and oxygen atoms in total. The summed E-state index contributed by atoms with van der Waals surface area (Å²) in [5.74, 6) is 0.151. The third-order valence-electron chi connectivity index (χ3n) is 3.22. The molecule has 0 saturated carbocycles. The van der Waals surface area contributed by atoms with Crippen LogP contribution in [0.2, 0.25) is 10.0 Å². The Labute approximate surface area is 137 Å². The molecule has 0 atom stereocenters. The number of halogens is 2. The first-order valence-electron chi connectivity index (χ1n) is 6.45. The van der Waals surface area contributed by atoms with E-state index < -0.39 is 5.91 Å². The molecular formula is C16H11Cl2N3O. The fourth-order valence-corrected chi connectivity index (χ4v) is 2.56. The van der Waals surface area contributed by atoms with Gasteiger partial charge < -0.3 is 5.73 Å². The molecule has 2 N–H and O–H groups in total. The van der Waals surface area contributed by atoms with Crippen molar-refractivity contribution in [3.05, 3.63) is 70.5 Å². The van der Waals surface area contributed by atoms with Crippen molar-refractivity contribution in [3.8, 4) is 17.1 Å². The second-order valence-corrected chi connectivity index (χ2v) is 5.50. The topological polar surface area (TPSA) is 60.9 Å². The van der Waals surface area contributed by atoms with Crippen LogP contribution in [0.3, 0.4) is 0 Å². The first kappa shape index (κ1) is 14.6. The van der Waals surface area contributed by atoms with E-state index >= 15 is 0 Å². The quantitative estimate of drug-likeness (QED) is 0.789. The lowest BCUT2D eigenvalue weighted by molar-refractivity contribution is 0.100. The third-order valence-corrected chi connectivity index (χ3v) is 3.78. The van der Waals surface area contributed by atoms with Crippen molar-refractivity contribution in [1.29, 1.82) is 0 Å². The van der Waals surface area contributed by atoms with Crippen LogP contribution in [0.1, 0.15) is 10.4 Å². The minimum atomic E-state index is -0.482. The van der Waals surface area contributed by atoms with E-state index in [9.17, 15) is 4.79 Å². The lowest BCUT2D eigenvalue weighted by Crippen LogP contribution is -2.11. The molecule has 1 amide bonds. The number of carbonyl (C=O) groups excluding carboxylic acids is 1. The van der Waals surface area contributed by atoms with Gasteiger partial charge in [0.1, 0.15) is 5.82 Å². The van der Waals surface area contributed by atoms with Gasteiger partial charge in [-0.1, -0.05) is 29.3 Å². The standard InChI is InChI=1S/C16H11Cl2N3O/c17-11-4-5-14(18)13(9-11)16-20-6-7-21(16)12-3-1-2-10(8-12)15(19)22/h1-9H,(H2,19,22). The Morgan fingerprint density at radius 3 is 2.73 bits per heavy atom. The van der Waals surface area contributed by atoms with Crippen LogP contribution in [0, 0.1) is 0 Å². The Balaban J connectivity index is 2.15. The first-order chi connectivity index (χ1) is 10.6. The van der Waals surface area contributed by atoms with E-state index in [1.54, 1.807) is 48.8 Å². The van der Waals surface area contributed by atoms with Crippen LogP contribution in [0.4, 0.5) is 0 Å². The van der Waals surface area contributed by atoms with Crippen molar-refractivity contribution in [3.63, 3.8) is 0 Å². The summed E-state index contributed by atoms with van der Waals surface area (Å²) in [7, 11) is 0. The Bertz CT molecular complexity index is 858. The van der Waals surface area contributed by atoms with Gasteiger partial charge in [0.2, 0.25) is 5.91 Å². The van der Waals surface area contributed by atoms with Gasteiger partial charge in [-0.2, -0.15) is 0 Å². The minimum Gasteiger partial charge on any atom is -0.366 e. The summed E-state index contributed by atoms with van der Waals surface area (Å²) in [5.41, 5.74) is 7.23. The summed E-state index contributed by atoms with van der Waals surface area (Å²) in [6, 6.07) is 12.2. The van der Waals surface area contributed by atoms with Crippen LogP contribution in [-0.2, 0) is 0 Å². The number of rotatable bonds is 3. The molecule has 6 heteroatoms. The van der Waals surface area contributed by atoms with Crippen molar-refractivity contribution in [1.82, 2.24) is 9.55 Å². The van der Waals surface area contributed by atoms with E-state index in [2.05, 4.69) is 4.98 Å². The zero-order valence-corrected chi connectivity index (χ0v) is 12.8. The second kappa shape index (κ2) is 5.83. The van der Waals surface area contributed by atoms with Crippen molar-refractivity contribution in [2.24, 2.45) is 5.73 Å². The molecule has 3 rings (SSSR count). The predicted molar refractivity (Wildman–Crippen MR) is 87.5 cm³/mol. The smallest absolute Gasteiger partial charge is 0.248 e. The number of amides is 1. The molecule has 2 aromatic carbocycles. The Hall–Kier alpha value is -2.30. The van der Waals surface area contributed by atoms with E-state index in [1.807, 2.05) is 10.6 Å². The molecule has 0 aliphatic carbocycles. The summed E-state index contributed by atoms with van der Waals surface area (Å²) in [5, 5.41) is 1.11. The lowest BCUT2D eigenvalue weighted by Gasteiger charge is -2.10. The maximum Gasteiger partial charge on any atom is 0.248 e. The average Bonchev–Trinajstić information content (AvgIpc) is 2.99. The molecule has 0 radical (unpaired) electrons. The Kier molecular flexibility index (Phi) is 3.88. The molecule has 0 aliphatic heterocycles. The normalized spacial score (nSPS) is 10.6. The van der Waals surface area contributed by atoms with Gasteiger partial charge in [-0.05, 0) is 36.4 Å². The van der Waals surface area contributed by atoms with Crippen LogP contribution in [0.25, 0.3) is 17.1 Å². The molecule has 0 aliphatic rings. The fraction of sp³-hybridized carbons (Fsp3) is 0. The largest absolute Gasteiger partial charge is 0.366 e. The summed E-state index contributed by atoms with van der Waals surface area (Å²) in [6.07, 6.45) is 3.44. The van der Waals surface area contributed by atoms with Crippen molar-refractivity contribution < 1.29 is 4.79 Å². The highest BCUT2D eigenvalue weighted by molar-refractivity contribution is 6.35. The van der Waals surface area contributed by atoms with Crippen molar-refractivity contribution in [2.45, 2.75) is 0 Å². The highest BCUT2D eigenvalue weighted by Crippen LogP contribution is 2.31. The maximum absolute atomic E-state index is 11.3. The number of nitrogens with zero attached hydrogens (tertiary/aromatic N) is 2. The highest BCUT2D eigenvalue weighted by Gasteiger charge is 2.12. The SMILES string of the molecule is NC(=O)c1cccc(-n2ccnc2-c2cc(Cl)ccc2Cl)c1. The van der Waals surface area contributed by atoms with Crippen LogP contribution >= 0.6 is 23.2 Å². The zero-order chi connectivity index (χ0) is 15.7. The number of carbonyl (C=O) groups is 1. The van der Waals surface area contributed by atoms with Gasteiger partial charge in [0.05, 0.1) is 5.02 Å². The monoisotopic (exact) mass is 331 g/mol. The van der Waals surface area contributed by atoms with Crippen molar-refractivity contribution >= 4 is 29.1 Å².